The van der Waals surface area contributed by atoms with Crippen molar-refractivity contribution in [1.29, 1.82) is 0 Å². The van der Waals surface area contributed by atoms with Gasteiger partial charge in [-0.25, -0.2) is 12.7 Å². The van der Waals surface area contributed by atoms with Crippen LogP contribution in [0.5, 0.6) is 0 Å². The van der Waals surface area contributed by atoms with Gasteiger partial charge >= 0.3 is 0 Å². The van der Waals surface area contributed by atoms with Crippen LogP contribution in [0.25, 0.3) is 0 Å². The van der Waals surface area contributed by atoms with Crippen LogP contribution in [0.1, 0.15) is 12.5 Å². The number of oxime groups is 1. The van der Waals surface area contributed by atoms with Crippen LogP contribution >= 0.6 is 31.9 Å². The van der Waals surface area contributed by atoms with E-state index in [1.54, 1.807) is 19.1 Å². The van der Waals surface area contributed by atoms with Crippen molar-refractivity contribution < 1.29 is 13.6 Å². The second-order valence-electron chi connectivity index (χ2n) is 4.74. The molecule has 0 radical (unpaired) electrons. The summed E-state index contributed by atoms with van der Waals surface area (Å²) in [5, 5.41) is 11.5. The van der Waals surface area contributed by atoms with Crippen LogP contribution < -0.4 is 5.73 Å². The molecule has 0 heterocycles. The van der Waals surface area contributed by atoms with E-state index in [1.807, 2.05) is 6.92 Å². The summed E-state index contributed by atoms with van der Waals surface area (Å²) in [7, 11) is -2.23. The Morgan fingerprint density at radius 3 is 2.52 bits per heavy atom. The van der Waals surface area contributed by atoms with E-state index in [1.165, 1.54) is 11.4 Å². The molecule has 0 aliphatic heterocycles. The van der Waals surface area contributed by atoms with Gasteiger partial charge in [-0.15, -0.1) is 0 Å². The van der Waals surface area contributed by atoms with Gasteiger partial charge in [-0.1, -0.05) is 28.0 Å². The molecule has 1 atom stereocenters. The molecule has 118 valence electrons. The Labute approximate surface area is 141 Å². The number of benzene rings is 1. The molecule has 0 aromatic heterocycles. The zero-order valence-corrected chi connectivity index (χ0v) is 15.8. The Hall–Kier alpha value is -0.640. The molecular formula is C12H17Br2N3O3S. The largest absolute Gasteiger partial charge is 0.409 e. The molecule has 1 aromatic carbocycles. The van der Waals surface area contributed by atoms with E-state index in [0.717, 1.165) is 5.56 Å². The molecule has 0 amide bonds. The molecule has 0 saturated carbocycles. The third-order valence-corrected chi connectivity index (χ3v) is 6.69. The van der Waals surface area contributed by atoms with Gasteiger partial charge in [-0.2, -0.15) is 0 Å². The van der Waals surface area contributed by atoms with E-state index < -0.39 is 15.9 Å². The van der Waals surface area contributed by atoms with Crippen LogP contribution in [0.2, 0.25) is 0 Å². The Balaban J connectivity index is 3.14. The fourth-order valence-corrected chi connectivity index (χ4v) is 4.56. The van der Waals surface area contributed by atoms with E-state index in [4.69, 9.17) is 10.9 Å². The first-order chi connectivity index (χ1) is 9.61. The highest BCUT2D eigenvalue weighted by Gasteiger charge is 2.26. The van der Waals surface area contributed by atoms with Crippen LogP contribution in [0.15, 0.2) is 31.1 Å². The van der Waals surface area contributed by atoms with Crippen LogP contribution in [0, 0.1) is 12.8 Å². The average molecular weight is 443 g/mol. The number of rotatable bonds is 5. The maximum atomic E-state index is 12.6. The highest BCUT2D eigenvalue weighted by atomic mass is 79.9. The number of nitrogens with zero attached hydrogens (tertiary/aromatic N) is 2. The van der Waals surface area contributed by atoms with Crippen molar-refractivity contribution in [2.75, 3.05) is 13.6 Å². The molecule has 0 aliphatic rings. The first-order valence-electron chi connectivity index (χ1n) is 6.00. The van der Waals surface area contributed by atoms with Gasteiger partial charge < -0.3 is 10.9 Å². The summed E-state index contributed by atoms with van der Waals surface area (Å²) in [6.45, 7) is 3.66. The van der Waals surface area contributed by atoms with Crippen LogP contribution in [-0.2, 0) is 10.0 Å². The Kier molecular flexibility index (Phi) is 6.21. The molecule has 3 N–H and O–H groups in total. The van der Waals surface area contributed by atoms with Gasteiger partial charge in [0.2, 0.25) is 10.0 Å². The quantitative estimate of drug-likeness (QED) is 0.317. The van der Waals surface area contributed by atoms with Crippen LogP contribution in [0.3, 0.4) is 0 Å². The zero-order chi connectivity index (χ0) is 16.4. The first kappa shape index (κ1) is 18.4. The normalized spacial score (nSPS) is 14.5. The van der Waals surface area contributed by atoms with Crippen molar-refractivity contribution in [3.63, 3.8) is 0 Å². The van der Waals surface area contributed by atoms with E-state index in [0.29, 0.717) is 8.95 Å². The van der Waals surface area contributed by atoms with Crippen LogP contribution in [0.4, 0.5) is 0 Å². The number of sulfonamides is 1. The highest BCUT2D eigenvalue weighted by Crippen LogP contribution is 2.30. The fourth-order valence-electron chi connectivity index (χ4n) is 1.67. The molecule has 9 heteroatoms. The lowest BCUT2D eigenvalue weighted by Crippen LogP contribution is -2.36. The Morgan fingerprint density at radius 2 is 2.00 bits per heavy atom. The van der Waals surface area contributed by atoms with Crippen molar-refractivity contribution >= 4 is 47.7 Å². The Bertz CT molecular complexity index is 662. The smallest absolute Gasteiger partial charge is 0.244 e. The minimum absolute atomic E-state index is 0.0128. The van der Waals surface area contributed by atoms with E-state index in [-0.39, 0.29) is 17.3 Å². The second kappa shape index (κ2) is 7.08. The minimum atomic E-state index is -3.68. The van der Waals surface area contributed by atoms with Gasteiger partial charge in [0.25, 0.3) is 0 Å². The fraction of sp³-hybridized carbons (Fsp3) is 0.417. The topological polar surface area (TPSA) is 96.0 Å². The molecule has 1 aromatic rings. The zero-order valence-electron chi connectivity index (χ0n) is 11.8. The highest BCUT2D eigenvalue weighted by molar-refractivity contribution is 9.11. The van der Waals surface area contributed by atoms with Gasteiger partial charge in [0.15, 0.2) is 0 Å². The van der Waals surface area contributed by atoms with Crippen LogP contribution in [-0.4, -0.2) is 37.4 Å². The molecule has 21 heavy (non-hydrogen) atoms. The lowest BCUT2D eigenvalue weighted by atomic mass is 10.2. The van der Waals surface area contributed by atoms with Crippen molar-refractivity contribution in [1.82, 2.24) is 4.31 Å². The molecule has 1 unspecified atom stereocenters. The number of hydrogen-bond donors (Lipinski definition) is 2. The monoisotopic (exact) mass is 441 g/mol. The molecule has 0 bridgehead atoms. The summed E-state index contributed by atoms with van der Waals surface area (Å²) in [6.07, 6.45) is 0. The lowest BCUT2D eigenvalue weighted by Gasteiger charge is -2.21. The predicted molar refractivity (Wildman–Crippen MR) is 89.0 cm³/mol. The maximum Gasteiger partial charge on any atom is 0.244 e. The van der Waals surface area contributed by atoms with E-state index in [9.17, 15) is 8.42 Å². The minimum Gasteiger partial charge on any atom is -0.409 e. The summed E-state index contributed by atoms with van der Waals surface area (Å²) in [5.41, 5.74) is 6.41. The SMILES string of the molecule is Cc1cc(Br)c(S(=O)(=O)N(C)CC(C)/C(N)=N/O)cc1Br. The molecule has 0 fully saturated rings. The van der Waals surface area contributed by atoms with Gasteiger partial charge in [0, 0.05) is 28.5 Å². The number of nitrogens with two attached hydrogens (primary N) is 1. The van der Waals surface area contributed by atoms with Gasteiger partial charge in [-0.05, 0) is 40.5 Å². The van der Waals surface area contributed by atoms with Crippen molar-refractivity contribution in [2.24, 2.45) is 16.8 Å². The summed E-state index contributed by atoms with van der Waals surface area (Å²) >= 11 is 6.61. The maximum absolute atomic E-state index is 12.6. The molecule has 1 rings (SSSR count). The van der Waals surface area contributed by atoms with E-state index in [2.05, 4.69) is 37.0 Å². The van der Waals surface area contributed by atoms with Crippen molar-refractivity contribution in [3.05, 3.63) is 26.6 Å². The number of amidine groups is 1. The lowest BCUT2D eigenvalue weighted by molar-refractivity contribution is 0.312. The Morgan fingerprint density at radius 1 is 1.43 bits per heavy atom. The van der Waals surface area contributed by atoms with Gasteiger partial charge in [0.05, 0.1) is 4.90 Å². The predicted octanol–water partition coefficient (Wildman–Crippen LogP) is 2.52. The third kappa shape index (κ3) is 4.18. The van der Waals surface area contributed by atoms with Gasteiger partial charge in [-0.3, -0.25) is 0 Å². The third-order valence-electron chi connectivity index (χ3n) is 3.05. The summed E-state index contributed by atoms with van der Waals surface area (Å²) < 4.78 is 27.6. The average Bonchev–Trinajstić information content (AvgIpc) is 2.41. The summed E-state index contributed by atoms with van der Waals surface area (Å²) in [5.74, 6) is -0.413. The van der Waals surface area contributed by atoms with Crippen molar-refractivity contribution in [2.45, 2.75) is 18.7 Å². The summed E-state index contributed by atoms with van der Waals surface area (Å²) in [6, 6.07) is 3.29. The molecule has 0 saturated heterocycles. The molecular weight excluding hydrogens is 426 g/mol. The number of halogens is 2. The molecule has 0 aliphatic carbocycles. The van der Waals surface area contributed by atoms with Gasteiger partial charge in [0.1, 0.15) is 5.84 Å². The second-order valence-corrected chi connectivity index (χ2v) is 8.47. The standard InChI is InChI=1S/C12H17Br2N3O3S/c1-7-4-10(14)11(5-9(7)13)21(19,20)17(3)6-8(2)12(15)16-18/h4-5,8,18H,6H2,1-3H3,(H2,15,16). The summed E-state index contributed by atoms with van der Waals surface area (Å²) in [4.78, 5) is 0.161. The first-order valence-corrected chi connectivity index (χ1v) is 9.03. The molecule has 6 nitrogen and oxygen atoms in total. The number of aryl methyl sites for hydroxylation is 1. The number of hydrogen-bond acceptors (Lipinski definition) is 4. The van der Waals surface area contributed by atoms with Crippen molar-refractivity contribution in [3.8, 4) is 0 Å². The van der Waals surface area contributed by atoms with E-state index >= 15 is 0 Å². The molecule has 0 spiro atoms.